The van der Waals surface area contributed by atoms with Gasteiger partial charge in [0.05, 0.1) is 12.7 Å². The van der Waals surface area contributed by atoms with Gasteiger partial charge in [0.2, 0.25) is 5.79 Å². The summed E-state index contributed by atoms with van der Waals surface area (Å²) in [5.74, 6) is -0.802. The topological polar surface area (TPSA) is 18.5 Å². The molecule has 11 heavy (non-hydrogen) atoms. The van der Waals surface area contributed by atoms with E-state index in [1.807, 2.05) is 0 Å². The van der Waals surface area contributed by atoms with E-state index >= 15 is 0 Å². The van der Waals surface area contributed by atoms with Gasteiger partial charge < -0.3 is 9.47 Å². The number of rotatable bonds is 3. The first-order valence-corrected chi connectivity index (χ1v) is 3.55. The molecule has 0 bridgehead atoms. The quantitative estimate of drug-likeness (QED) is 0.571. The van der Waals surface area contributed by atoms with Crippen molar-refractivity contribution in [1.82, 2.24) is 0 Å². The average molecular weight is 152 g/mol. The van der Waals surface area contributed by atoms with Crippen LogP contribution in [0.15, 0.2) is 25.3 Å². The summed E-state index contributed by atoms with van der Waals surface area (Å²) in [6, 6.07) is 0. The Balaban J connectivity index is 2.61. The van der Waals surface area contributed by atoms with E-state index in [0.29, 0.717) is 13.0 Å². The van der Waals surface area contributed by atoms with Crippen LogP contribution in [0.4, 0.5) is 0 Å². The van der Waals surface area contributed by atoms with Crippen molar-refractivity contribution in [2.24, 2.45) is 0 Å². The lowest BCUT2D eigenvalue weighted by molar-refractivity contribution is -0.0879. The first-order valence-electron chi connectivity index (χ1n) is 3.55. The molecule has 2 nitrogen and oxygen atoms in total. The Morgan fingerprint density at radius 2 is 2.18 bits per heavy atom. The van der Waals surface area contributed by atoms with Crippen LogP contribution in [-0.2, 0) is 9.47 Å². The van der Waals surface area contributed by atoms with E-state index in [4.69, 9.17) is 16.4 Å². The molecule has 0 aromatic heterocycles. The Labute approximate surface area is 67.5 Å². The van der Waals surface area contributed by atoms with Gasteiger partial charge in [-0.15, -0.1) is 0 Å². The smallest absolute Gasteiger partial charge is 0.207 e. The number of hydrogen-bond donors (Lipinski definition) is 0. The molecule has 1 atom stereocenters. The lowest BCUT2D eigenvalue weighted by Crippen LogP contribution is -2.24. The summed E-state index contributed by atoms with van der Waals surface area (Å²) in [6.07, 6.45) is 3.58. The maximum absolute atomic E-state index is 5.41. The van der Waals surface area contributed by atoms with E-state index in [-0.39, 0.29) is 6.10 Å². The van der Waals surface area contributed by atoms with E-state index in [1.165, 1.54) is 0 Å². The lowest BCUT2D eigenvalue weighted by Gasteiger charge is -2.18. The molecule has 0 amide bonds. The summed E-state index contributed by atoms with van der Waals surface area (Å²) >= 11 is 0. The average Bonchev–Trinajstić information content (AvgIpc) is 2.49. The molecule has 60 valence electrons. The third-order valence-corrected chi connectivity index (χ3v) is 1.68. The first kappa shape index (κ1) is 8.50. The van der Waals surface area contributed by atoms with Gasteiger partial charge in [0.1, 0.15) is 0 Å². The highest BCUT2D eigenvalue weighted by molar-refractivity contribution is 5.05. The van der Waals surface area contributed by atoms with Gasteiger partial charge in [-0.05, 0) is 25.5 Å². The zero-order valence-electron chi connectivity index (χ0n) is 6.45. The fraction of sp³-hybridized carbons (Fsp3) is 0.444. The highest BCUT2D eigenvalue weighted by atomic mass is 16.7. The second-order valence-corrected chi connectivity index (χ2v) is 2.42. The minimum atomic E-state index is -0.802. The van der Waals surface area contributed by atoms with Gasteiger partial charge in [0.15, 0.2) is 0 Å². The van der Waals surface area contributed by atoms with E-state index in [1.54, 1.807) is 12.2 Å². The van der Waals surface area contributed by atoms with Crippen molar-refractivity contribution < 1.29 is 9.47 Å². The van der Waals surface area contributed by atoms with Crippen molar-refractivity contribution in [3.8, 4) is 0 Å². The molecule has 1 unspecified atom stereocenters. The molecule has 0 aromatic rings. The second-order valence-electron chi connectivity index (χ2n) is 2.42. The molecule has 1 rings (SSSR count). The molecule has 0 saturated carbocycles. The Bertz CT molecular complexity index is 155. The van der Waals surface area contributed by atoms with E-state index in [0.717, 1.165) is 0 Å². The van der Waals surface area contributed by atoms with Gasteiger partial charge >= 0.3 is 0 Å². The molecule has 1 fully saturated rings. The van der Waals surface area contributed by atoms with Crippen LogP contribution < -0.4 is 0 Å². The lowest BCUT2D eigenvalue weighted by atomic mass is 10.3. The third kappa shape index (κ3) is 1.52. The molecule has 0 N–H and O–H groups in total. The zero-order chi connectivity index (χ0) is 8.32. The fourth-order valence-electron chi connectivity index (χ4n) is 0.965. The summed E-state index contributed by atoms with van der Waals surface area (Å²) in [5.41, 5.74) is 0. The van der Waals surface area contributed by atoms with Crippen LogP contribution in [0.2, 0.25) is 0 Å². The summed E-state index contributed by atoms with van der Waals surface area (Å²) in [6.45, 7) is 13.1. The molecule has 0 spiro atoms. The van der Waals surface area contributed by atoms with Crippen LogP contribution in [0.5, 0.6) is 0 Å². The van der Waals surface area contributed by atoms with E-state index in [2.05, 4.69) is 13.2 Å². The first-order chi connectivity index (χ1) is 5.26. The van der Waals surface area contributed by atoms with Crippen molar-refractivity contribution in [2.75, 3.05) is 6.61 Å². The monoisotopic (exact) mass is 152 g/mol. The predicted octanol–water partition coefficient (Wildman–Crippen LogP) is 1.57. The molecular weight excluding hydrogens is 140 g/mol. The van der Waals surface area contributed by atoms with Crippen molar-refractivity contribution in [3.05, 3.63) is 32.2 Å². The molecule has 1 heterocycles. The van der Waals surface area contributed by atoms with Crippen LogP contribution in [-0.4, -0.2) is 18.5 Å². The van der Waals surface area contributed by atoms with Gasteiger partial charge in [-0.1, -0.05) is 13.2 Å². The largest absolute Gasteiger partial charge is 0.340 e. The normalized spacial score (nSPS) is 28.3. The molecule has 1 aliphatic rings. The van der Waals surface area contributed by atoms with Gasteiger partial charge in [-0.3, -0.25) is 0 Å². The second kappa shape index (κ2) is 3.20. The predicted molar refractivity (Wildman–Crippen MR) is 42.9 cm³/mol. The number of ether oxygens (including phenoxy) is 2. The molecule has 2 heteroatoms. The maximum atomic E-state index is 5.41. The zero-order valence-corrected chi connectivity index (χ0v) is 6.45. The highest BCUT2D eigenvalue weighted by Gasteiger charge is 2.35. The van der Waals surface area contributed by atoms with Gasteiger partial charge in [-0.25, -0.2) is 0 Å². The fourth-order valence-corrected chi connectivity index (χ4v) is 0.965. The molecule has 1 aliphatic heterocycles. The summed E-state index contributed by atoms with van der Waals surface area (Å²) in [4.78, 5) is 0. The molecular formula is C9H12O2. The van der Waals surface area contributed by atoms with Gasteiger partial charge in [0.25, 0.3) is 0 Å². The van der Waals surface area contributed by atoms with Crippen LogP contribution in [0.3, 0.4) is 0 Å². The standard InChI is InChI=1S/C9H12O2/c1-4-8-7-10-9(5-2,6-3)11-8/h1,5-6,8H,2-4,7H2. The van der Waals surface area contributed by atoms with Gasteiger partial charge in [-0.2, -0.15) is 0 Å². The van der Waals surface area contributed by atoms with E-state index < -0.39 is 5.79 Å². The Hall–Kier alpha value is -0.600. The van der Waals surface area contributed by atoms with Crippen LogP contribution >= 0.6 is 0 Å². The number of hydrogen-bond acceptors (Lipinski definition) is 2. The molecule has 2 radical (unpaired) electrons. The minimum Gasteiger partial charge on any atom is -0.340 e. The van der Waals surface area contributed by atoms with Crippen molar-refractivity contribution in [2.45, 2.75) is 18.3 Å². The van der Waals surface area contributed by atoms with Crippen molar-refractivity contribution >= 4 is 0 Å². The van der Waals surface area contributed by atoms with Crippen molar-refractivity contribution in [3.63, 3.8) is 0 Å². The molecule has 0 aliphatic carbocycles. The summed E-state index contributed by atoms with van der Waals surface area (Å²) < 4.78 is 10.7. The maximum Gasteiger partial charge on any atom is 0.207 e. The van der Waals surface area contributed by atoms with Crippen molar-refractivity contribution in [1.29, 1.82) is 0 Å². The molecule has 0 aromatic carbocycles. The highest BCUT2D eigenvalue weighted by Crippen LogP contribution is 2.26. The summed E-state index contributed by atoms with van der Waals surface area (Å²) in [5, 5.41) is 0. The summed E-state index contributed by atoms with van der Waals surface area (Å²) in [7, 11) is 0. The van der Waals surface area contributed by atoms with Gasteiger partial charge in [0, 0.05) is 0 Å². The van der Waals surface area contributed by atoms with E-state index in [9.17, 15) is 0 Å². The Morgan fingerprint density at radius 1 is 1.55 bits per heavy atom. The Kier molecular flexibility index (Phi) is 2.47. The third-order valence-electron chi connectivity index (χ3n) is 1.68. The van der Waals surface area contributed by atoms with Crippen LogP contribution in [0.25, 0.3) is 0 Å². The van der Waals surface area contributed by atoms with Crippen LogP contribution in [0.1, 0.15) is 6.42 Å². The SMILES string of the molecule is [CH]CC1COC(C=C)(C=C)O1. The van der Waals surface area contributed by atoms with Crippen LogP contribution in [0, 0.1) is 6.92 Å². The molecule has 1 saturated heterocycles. The minimum absolute atomic E-state index is 0.0361. The Morgan fingerprint density at radius 3 is 2.45 bits per heavy atom.